The van der Waals surface area contributed by atoms with Gasteiger partial charge in [0.1, 0.15) is 18.1 Å². The van der Waals surface area contributed by atoms with E-state index in [1.165, 1.54) is 19.3 Å². The van der Waals surface area contributed by atoms with E-state index in [2.05, 4.69) is 23.6 Å². The number of para-hydroxylation sites is 2. The van der Waals surface area contributed by atoms with Crippen LogP contribution in [0.2, 0.25) is 0 Å². The number of ether oxygens (including phenoxy) is 2. The van der Waals surface area contributed by atoms with Gasteiger partial charge in [0.25, 0.3) is 11.8 Å². The Morgan fingerprint density at radius 3 is 2.22 bits per heavy atom. The molecule has 2 heterocycles. The van der Waals surface area contributed by atoms with Gasteiger partial charge in [-0.15, -0.1) is 0 Å². The van der Waals surface area contributed by atoms with Crippen LogP contribution in [-0.4, -0.2) is 91.6 Å². The highest BCUT2D eigenvalue weighted by atomic mass is 16.5. The first-order valence-corrected chi connectivity index (χ1v) is 16.9. The zero-order valence-electron chi connectivity index (χ0n) is 27.8. The lowest BCUT2D eigenvalue weighted by Gasteiger charge is -2.30. The summed E-state index contributed by atoms with van der Waals surface area (Å²) < 4.78 is 11.9. The van der Waals surface area contributed by atoms with E-state index in [1.807, 2.05) is 89.5 Å². The number of anilines is 1. The minimum absolute atomic E-state index is 0.0273. The Morgan fingerprint density at radius 2 is 1.48 bits per heavy atom. The van der Waals surface area contributed by atoms with Gasteiger partial charge in [-0.1, -0.05) is 42.8 Å². The molecule has 2 aliphatic rings. The first-order valence-electron chi connectivity index (χ1n) is 16.9. The minimum Gasteiger partial charge on any atom is -0.492 e. The molecular weight excluding hydrogens is 576 g/mol. The highest BCUT2D eigenvalue weighted by Gasteiger charge is 2.26. The van der Waals surface area contributed by atoms with Crippen molar-refractivity contribution in [3.8, 4) is 11.5 Å². The third-order valence-electron chi connectivity index (χ3n) is 9.09. The van der Waals surface area contributed by atoms with Crippen LogP contribution in [0.15, 0.2) is 72.8 Å². The second-order valence-electron chi connectivity index (χ2n) is 12.7. The molecule has 1 saturated heterocycles. The average molecular weight is 627 g/mol. The van der Waals surface area contributed by atoms with Gasteiger partial charge in [0.05, 0.1) is 5.69 Å². The van der Waals surface area contributed by atoms with Crippen LogP contribution in [0.3, 0.4) is 0 Å². The summed E-state index contributed by atoms with van der Waals surface area (Å²) in [5, 5.41) is 0. The standard InChI is InChI=1S/C38H50N4O4/c1-30(2)40-22-11-23-42(36(43)29-46-34-14-6-4-7-15-34)37-31(3)12-10-13-33(37)28-41(25-24-40)38(44)32-16-18-35(19-17-32)45-27-26-39-20-8-5-9-21-39/h4,6-7,10,12-19,30H,5,8-9,11,20-29H2,1-3H3. The predicted octanol–water partition coefficient (Wildman–Crippen LogP) is 6.03. The maximum Gasteiger partial charge on any atom is 0.264 e. The number of fused-ring (bicyclic) bond motifs is 1. The van der Waals surface area contributed by atoms with Gasteiger partial charge in [-0.2, -0.15) is 0 Å². The molecule has 0 unspecified atom stereocenters. The van der Waals surface area contributed by atoms with Crippen LogP contribution < -0.4 is 14.4 Å². The van der Waals surface area contributed by atoms with E-state index in [1.54, 1.807) is 0 Å². The van der Waals surface area contributed by atoms with Gasteiger partial charge in [-0.05, 0) is 101 Å². The molecule has 8 heteroatoms. The van der Waals surface area contributed by atoms with Crippen molar-refractivity contribution >= 4 is 17.5 Å². The van der Waals surface area contributed by atoms with Gasteiger partial charge < -0.3 is 19.3 Å². The van der Waals surface area contributed by atoms with Crippen molar-refractivity contribution in [1.29, 1.82) is 0 Å². The molecule has 0 saturated carbocycles. The van der Waals surface area contributed by atoms with E-state index in [9.17, 15) is 9.59 Å². The number of hydrogen-bond acceptors (Lipinski definition) is 6. The molecular formula is C38H50N4O4. The molecule has 0 bridgehead atoms. The predicted molar refractivity (Wildman–Crippen MR) is 184 cm³/mol. The highest BCUT2D eigenvalue weighted by molar-refractivity contribution is 5.97. The topological polar surface area (TPSA) is 65.6 Å². The van der Waals surface area contributed by atoms with Crippen LogP contribution in [0.4, 0.5) is 5.69 Å². The number of amides is 2. The summed E-state index contributed by atoms with van der Waals surface area (Å²) in [5.74, 6) is 1.33. The summed E-state index contributed by atoms with van der Waals surface area (Å²) in [4.78, 5) is 36.5. The summed E-state index contributed by atoms with van der Waals surface area (Å²) in [6, 6.07) is 23.4. The number of aryl methyl sites for hydroxylation is 1. The van der Waals surface area contributed by atoms with Crippen molar-refractivity contribution in [2.45, 2.75) is 59.0 Å². The number of benzene rings is 3. The summed E-state index contributed by atoms with van der Waals surface area (Å²) in [7, 11) is 0. The van der Waals surface area contributed by atoms with E-state index >= 15 is 0 Å². The molecule has 0 atom stereocenters. The number of piperidine rings is 1. The van der Waals surface area contributed by atoms with Gasteiger partial charge in [-0.25, -0.2) is 0 Å². The van der Waals surface area contributed by atoms with Gasteiger partial charge in [0.2, 0.25) is 0 Å². The quantitative estimate of drug-likeness (QED) is 0.289. The van der Waals surface area contributed by atoms with E-state index in [4.69, 9.17) is 9.47 Å². The smallest absolute Gasteiger partial charge is 0.264 e. The van der Waals surface area contributed by atoms with Gasteiger partial charge in [-0.3, -0.25) is 19.4 Å². The molecule has 246 valence electrons. The number of likely N-dealkylation sites (tertiary alicyclic amines) is 1. The van der Waals surface area contributed by atoms with Crippen molar-refractivity contribution in [2.75, 3.05) is 63.9 Å². The summed E-state index contributed by atoms with van der Waals surface area (Å²) in [6.45, 7) is 13.4. The molecule has 46 heavy (non-hydrogen) atoms. The lowest BCUT2D eigenvalue weighted by atomic mass is 10.0. The third-order valence-corrected chi connectivity index (χ3v) is 9.09. The van der Waals surface area contributed by atoms with Crippen molar-refractivity contribution in [3.05, 3.63) is 89.5 Å². The Morgan fingerprint density at radius 1 is 0.739 bits per heavy atom. The minimum atomic E-state index is -0.0940. The van der Waals surface area contributed by atoms with E-state index in [0.29, 0.717) is 43.6 Å². The van der Waals surface area contributed by atoms with Crippen molar-refractivity contribution in [1.82, 2.24) is 14.7 Å². The largest absolute Gasteiger partial charge is 0.492 e. The van der Waals surface area contributed by atoms with Crippen molar-refractivity contribution in [2.24, 2.45) is 0 Å². The van der Waals surface area contributed by atoms with Crippen LogP contribution in [0, 0.1) is 6.92 Å². The molecule has 0 spiro atoms. The molecule has 2 aliphatic heterocycles. The highest BCUT2D eigenvalue weighted by Crippen LogP contribution is 2.29. The molecule has 0 aromatic heterocycles. The Kier molecular flexibility index (Phi) is 12.1. The second kappa shape index (κ2) is 16.6. The van der Waals surface area contributed by atoms with Crippen molar-refractivity contribution in [3.63, 3.8) is 0 Å². The van der Waals surface area contributed by atoms with Crippen molar-refractivity contribution < 1.29 is 19.1 Å². The molecule has 3 aromatic carbocycles. The van der Waals surface area contributed by atoms with Crippen LogP contribution in [0.25, 0.3) is 0 Å². The summed E-state index contributed by atoms with van der Waals surface area (Å²) in [5.41, 5.74) is 3.46. The average Bonchev–Trinajstić information content (AvgIpc) is 3.11. The van der Waals surface area contributed by atoms with Gasteiger partial charge >= 0.3 is 0 Å². The second-order valence-corrected chi connectivity index (χ2v) is 12.7. The van der Waals surface area contributed by atoms with E-state index in [-0.39, 0.29) is 18.4 Å². The Balaban J connectivity index is 1.34. The summed E-state index contributed by atoms with van der Waals surface area (Å²) >= 11 is 0. The maximum atomic E-state index is 14.1. The number of hydrogen-bond donors (Lipinski definition) is 0. The van der Waals surface area contributed by atoms with Crippen LogP contribution >= 0.6 is 0 Å². The number of carbonyl (C=O) groups excluding carboxylic acids is 2. The number of carbonyl (C=O) groups is 2. The Bertz CT molecular complexity index is 1410. The molecule has 3 aromatic rings. The molecule has 8 nitrogen and oxygen atoms in total. The molecule has 2 amide bonds. The normalized spacial score (nSPS) is 16.9. The van der Waals surface area contributed by atoms with Gasteiger partial charge in [0.15, 0.2) is 6.61 Å². The zero-order chi connectivity index (χ0) is 32.3. The summed E-state index contributed by atoms with van der Waals surface area (Å²) in [6.07, 6.45) is 4.67. The molecule has 0 radical (unpaired) electrons. The van der Waals surface area contributed by atoms with E-state index < -0.39 is 0 Å². The molecule has 0 N–H and O–H groups in total. The van der Waals surface area contributed by atoms with Crippen LogP contribution in [0.1, 0.15) is 61.0 Å². The fourth-order valence-corrected chi connectivity index (χ4v) is 6.45. The third kappa shape index (κ3) is 9.10. The molecule has 1 fully saturated rings. The lowest BCUT2D eigenvalue weighted by Crippen LogP contribution is -2.41. The first-order chi connectivity index (χ1) is 22.4. The monoisotopic (exact) mass is 626 g/mol. The zero-order valence-corrected chi connectivity index (χ0v) is 27.8. The number of rotatable bonds is 9. The fourth-order valence-electron chi connectivity index (χ4n) is 6.45. The van der Waals surface area contributed by atoms with Crippen LogP contribution in [-0.2, 0) is 11.3 Å². The lowest BCUT2D eigenvalue weighted by molar-refractivity contribution is -0.120. The SMILES string of the molecule is Cc1cccc2c1N(C(=O)COc1ccccc1)CCCN(C(C)C)CCN(C(=O)c1ccc(OCCN3CCCCC3)cc1)C2. The Hall–Kier alpha value is -3.88. The maximum absolute atomic E-state index is 14.1. The molecule has 0 aliphatic carbocycles. The Labute approximate surface area is 274 Å². The fraction of sp³-hybridized carbons (Fsp3) is 0.474. The number of nitrogens with zero attached hydrogens (tertiary/aromatic N) is 4. The van der Waals surface area contributed by atoms with E-state index in [0.717, 1.165) is 61.7 Å². The van der Waals surface area contributed by atoms with Gasteiger partial charge in [0, 0.05) is 50.9 Å². The molecule has 5 rings (SSSR count). The van der Waals surface area contributed by atoms with Crippen LogP contribution in [0.5, 0.6) is 11.5 Å². The first kappa shape index (κ1) is 33.5.